The van der Waals surface area contributed by atoms with Gasteiger partial charge in [0.15, 0.2) is 12.2 Å². The van der Waals surface area contributed by atoms with E-state index in [1.165, 1.54) is 0 Å². The summed E-state index contributed by atoms with van der Waals surface area (Å²) in [6, 6.07) is 22.1. The Kier molecular flexibility index (Phi) is 5.42. The number of benzene rings is 3. The van der Waals surface area contributed by atoms with Crippen LogP contribution < -0.4 is 14.8 Å². The summed E-state index contributed by atoms with van der Waals surface area (Å²) < 4.78 is 16.6. The predicted molar refractivity (Wildman–Crippen MR) is 111 cm³/mol. The summed E-state index contributed by atoms with van der Waals surface area (Å²) in [4.78, 5) is 16.6. The topological polar surface area (TPSA) is 73.6 Å². The summed E-state index contributed by atoms with van der Waals surface area (Å²) in [6.45, 7) is 2.45. The molecule has 1 heterocycles. The van der Waals surface area contributed by atoms with Gasteiger partial charge < -0.3 is 19.2 Å². The van der Waals surface area contributed by atoms with Crippen LogP contribution in [0.3, 0.4) is 0 Å². The van der Waals surface area contributed by atoms with Crippen molar-refractivity contribution < 1.29 is 18.7 Å². The number of anilines is 1. The third kappa shape index (κ3) is 4.55. The van der Waals surface area contributed by atoms with Crippen molar-refractivity contribution >= 4 is 22.7 Å². The zero-order valence-electron chi connectivity index (χ0n) is 15.9. The number of rotatable bonds is 7. The third-order valence-corrected chi connectivity index (χ3v) is 4.21. The molecule has 0 saturated carbocycles. The lowest BCUT2D eigenvalue weighted by atomic mass is 10.2. The van der Waals surface area contributed by atoms with Gasteiger partial charge in [0.25, 0.3) is 5.91 Å². The lowest BCUT2D eigenvalue weighted by molar-refractivity contribution is -0.118. The Morgan fingerprint density at radius 3 is 2.31 bits per heavy atom. The van der Waals surface area contributed by atoms with Gasteiger partial charge in [-0.05, 0) is 67.6 Å². The molecule has 0 spiro atoms. The van der Waals surface area contributed by atoms with E-state index in [0.29, 0.717) is 23.9 Å². The molecule has 1 aromatic heterocycles. The Hall–Kier alpha value is -3.80. The van der Waals surface area contributed by atoms with Gasteiger partial charge in [0.1, 0.15) is 17.0 Å². The molecule has 0 atom stereocenters. The SMILES string of the molecule is CCOc1ccc(OCC(=O)Nc2ccc(-c3nc4ccccc4o3)cc2)cc1. The summed E-state index contributed by atoms with van der Waals surface area (Å²) in [5, 5.41) is 2.81. The van der Waals surface area contributed by atoms with Crippen LogP contribution in [-0.2, 0) is 4.79 Å². The van der Waals surface area contributed by atoms with Crippen molar-refractivity contribution in [1.29, 1.82) is 0 Å². The van der Waals surface area contributed by atoms with E-state index in [1.807, 2.05) is 55.5 Å². The molecule has 6 heteroatoms. The Labute approximate surface area is 168 Å². The molecule has 0 aliphatic carbocycles. The molecule has 4 aromatic rings. The minimum Gasteiger partial charge on any atom is -0.494 e. The number of carbonyl (C=O) groups is 1. The molecular formula is C23H20N2O4. The van der Waals surface area contributed by atoms with E-state index in [1.54, 1.807) is 24.3 Å². The molecule has 1 amide bonds. The Morgan fingerprint density at radius 2 is 1.62 bits per heavy atom. The van der Waals surface area contributed by atoms with Gasteiger partial charge in [0.05, 0.1) is 6.61 Å². The molecule has 0 aliphatic heterocycles. The fourth-order valence-corrected chi connectivity index (χ4v) is 2.84. The molecule has 1 N–H and O–H groups in total. The largest absolute Gasteiger partial charge is 0.494 e. The smallest absolute Gasteiger partial charge is 0.262 e. The molecular weight excluding hydrogens is 368 g/mol. The van der Waals surface area contributed by atoms with E-state index in [0.717, 1.165) is 22.4 Å². The quantitative estimate of drug-likeness (QED) is 0.487. The highest BCUT2D eigenvalue weighted by atomic mass is 16.5. The molecule has 0 fully saturated rings. The third-order valence-electron chi connectivity index (χ3n) is 4.21. The second kappa shape index (κ2) is 8.48. The number of hydrogen-bond donors (Lipinski definition) is 1. The van der Waals surface area contributed by atoms with Gasteiger partial charge >= 0.3 is 0 Å². The van der Waals surface area contributed by atoms with Crippen molar-refractivity contribution in [2.75, 3.05) is 18.5 Å². The van der Waals surface area contributed by atoms with Crippen molar-refractivity contribution in [1.82, 2.24) is 4.98 Å². The average Bonchev–Trinajstić information content (AvgIpc) is 3.18. The zero-order chi connectivity index (χ0) is 20.1. The van der Waals surface area contributed by atoms with Gasteiger partial charge in [-0.1, -0.05) is 12.1 Å². The number of hydrogen-bond acceptors (Lipinski definition) is 5. The summed E-state index contributed by atoms with van der Waals surface area (Å²) in [5.41, 5.74) is 3.06. The fourth-order valence-electron chi connectivity index (χ4n) is 2.84. The van der Waals surface area contributed by atoms with Crippen molar-refractivity contribution in [3.8, 4) is 23.0 Å². The number of nitrogens with zero attached hydrogens (tertiary/aromatic N) is 1. The van der Waals surface area contributed by atoms with E-state index in [2.05, 4.69) is 10.3 Å². The number of amides is 1. The Bertz CT molecular complexity index is 1070. The Morgan fingerprint density at radius 1 is 0.931 bits per heavy atom. The van der Waals surface area contributed by atoms with Gasteiger partial charge in [-0.15, -0.1) is 0 Å². The minimum absolute atomic E-state index is 0.0825. The first-order valence-electron chi connectivity index (χ1n) is 9.33. The highest BCUT2D eigenvalue weighted by Gasteiger charge is 2.09. The van der Waals surface area contributed by atoms with Crippen molar-refractivity contribution in [2.45, 2.75) is 6.92 Å². The average molecular weight is 388 g/mol. The van der Waals surface area contributed by atoms with Gasteiger partial charge in [0, 0.05) is 11.3 Å². The van der Waals surface area contributed by atoms with E-state index in [-0.39, 0.29) is 12.5 Å². The van der Waals surface area contributed by atoms with Crippen molar-refractivity contribution in [3.63, 3.8) is 0 Å². The van der Waals surface area contributed by atoms with E-state index < -0.39 is 0 Å². The highest BCUT2D eigenvalue weighted by molar-refractivity contribution is 5.92. The predicted octanol–water partition coefficient (Wildman–Crippen LogP) is 4.91. The van der Waals surface area contributed by atoms with Crippen LogP contribution in [0.25, 0.3) is 22.6 Å². The number of ether oxygens (including phenoxy) is 2. The number of nitrogens with one attached hydrogen (secondary N) is 1. The van der Waals surface area contributed by atoms with Crippen LogP contribution in [-0.4, -0.2) is 24.1 Å². The first-order valence-corrected chi connectivity index (χ1v) is 9.33. The molecule has 0 unspecified atom stereocenters. The van der Waals surface area contributed by atoms with Crippen LogP contribution in [0.5, 0.6) is 11.5 Å². The molecule has 0 radical (unpaired) electrons. The number of carbonyl (C=O) groups excluding carboxylic acids is 1. The molecule has 4 rings (SSSR count). The van der Waals surface area contributed by atoms with Crippen molar-refractivity contribution in [2.24, 2.45) is 0 Å². The van der Waals surface area contributed by atoms with E-state index in [4.69, 9.17) is 13.9 Å². The lowest BCUT2D eigenvalue weighted by Crippen LogP contribution is -2.20. The van der Waals surface area contributed by atoms with Gasteiger partial charge in [-0.2, -0.15) is 0 Å². The fraction of sp³-hybridized carbons (Fsp3) is 0.130. The normalized spacial score (nSPS) is 10.7. The number of fused-ring (bicyclic) bond motifs is 1. The first kappa shape index (κ1) is 18.6. The summed E-state index contributed by atoms with van der Waals surface area (Å²) in [7, 11) is 0. The summed E-state index contributed by atoms with van der Waals surface area (Å²) in [6.07, 6.45) is 0. The van der Waals surface area contributed by atoms with Gasteiger partial charge in [-0.25, -0.2) is 4.98 Å². The molecule has 0 bridgehead atoms. The summed E-state index contributed by atoms with van der Waals surface area (Å²) in [5.74, 6) is 1.68. The molecule has 29 heavy (non-hydrogen) atoms. The van der Waals surface area contributed by atoms with Crippen LogP contribution in [0, 0.1) is 0 Å². The zero-order valence-corrected chi connectivity index (χ0v) is 15.9. The molecule has 0 aliphatic rings. The Balaban J connectivity index is 1.33. The second-order valence-electron chi connectivity index (χ2n) is 6.31. The highest BCUT2D eigenvalue weighted by Crippen LogP contribution is 2.25. The van der Waals surface area contributed by atoms with E-state index >= 15 is 0 Å². The number of oxazole rings is 1. The second-order valence-corrected chi connectivity index (χ2v) is 6.31. The summed E-state index contributed by atoms with van der Waals surface area (Å²) >= 11 is 0. The van der Waals surface area contributed by atoms with Gasteiger partial charge in [0.2, 0.25) is 5.89 Å². The van der Waals surface area contributed by atoms with Crippen molar-refractivity contribution in [3.05, 3.63) is 72.8 Å². The van der Waals surface area contributed by atoms with Crippen LogP contribution in [0.4, 0.5) is 5.69 Å². The molecule has 3 aromatic carbocycles. The van der Waals surface area contributed by atoms with Crippen LogP contribution in [0.1, 0.15) is 6.92 Å². The minimum atomic E-state index is -0.242. The first-order chi connectivity index (χ1) is 14.2. The molecule has 146 valence electrons. The number of para-hydroxylation sites is 2. The maximum absolute atomic E-state index is 12.1. The van der Waals surface area contributed by atoms with Crippen LogP contribution >= 0.6 is 0 Å². The maximum Gasteiger partial charge on any atom is 0.262 e. The maximum atomic E-state index is 12.1. The molecule has 0 saturated heterocycles. The number of aromatic nitrogens is 1. The monoisotopic (exact) mass is 388 g/mol. The standard InChI is InChI=1S/C23H20N2O4/c1-2-27-18-11-13-19(14-12-18)28-15-22(26)24-17-9-7-16(8-10-17)23-25-20-5-3-4-6-21(20)29-23/h3-14H,2,15H2,1H3,(H,24,26). The van der Waals surface area contributed by atoms with E-state index in [9.17, 15) is 4.79 Å². The van der Waals surface area contributed by atoms with Crippen LogP contribution in [0.2, 0.25) is 0 Å². The van der Waals surface area contributed by atoms with Crippen LogP contribution in [0.15, 0.2) is 77.2 Å². The van der Waals surface area contributed by atoms with Gasteiger partial charge in [-0.3, -0.25) is 4.79 Å². The lowest BCUT2D eigenvalue weighted by Gasteiger charge is -2.09. The molecule has 6 nitrogen and oxygen atoms in total.